The summed E-state index contributed by atoms with van der Waals surface area (Å²) in [4.78, 5) is 0.198. The highest BCUT2D eigenvalue weighted by Gasteiger charge is 2.37. The lowest BCUT2D eigenvalue weighted by atomic mass is 10.0. The number of methoxy groups -OCH3 is 2. The van der Waals surface area contributed by atoms with E-state index in [1.54, 1.807) is 19.2 Å². The van der Waals surface area contributed by atoms with Crippen LogP contribution in [0.3, 0.4) is 0 Å². The summed E-state index contributed by atoms with van der Waals surface area (Å²) in [5.41, 5.74) is 6.66. The maximum atomic E-state index is 13.0. The van der Waals surface area contributed by atoms with Crippen molar-refractivity contribution in [1.29, 1.82) is 0 Å². The van der Waals surface area contributed by atoms with E-state index < -0.39 is 10.0 Å². The molecule has 0 saturated carbocycles. The summed E-state index contributed by atoms with van der Waals surface area (Å²) >= 11 is 0. The normalized spacial score (nSPS) is 22.4. The highest BCUT2D eigenvalue weighted by molar-refractivity contribution is 7.89. The standard InChI is InChI=1S/C15H24N2O4S.ClH/c1-11-4-5-14(21-3)15(8-11)22(18,19)17-7-6-13(20-2)9-12(17)10-16;/h4-5,8,12-13H,6-7,9-10,16H2,1-3H3;1H. The second-order valence-corrected chi connectivity index (χ2v) is 7.40. The van der Waals surface area contributed by atoms with Crippen molar-refractivity contribution in [3.8, 4) is 5.75 Å². The van der Waals surface area contributed by atoms with Crippen molar-refractivity contribution in [2.24, 2.45) is 5.73 Å². The van der Waals surface area contributed by atoms with Crippen LogP contribution < -0.4 is 10.5 Å². The molecule has 8 heteroatoms. The second kappa shape index (κ2) is 8.30. The van der Waals surface area contributed by atoms with E-state index in [2.05, 4.69) is 0 Å². The zero-order valence-corrected chi connectivity index (χ0v) is 15.3. The van der Waals surface area contributed by atoms with Gasteiger partial charge in [0.25, 0.3) is 0 Å². The van der Waals surface area contributed by atoms with Crippen LogP contribution in [-0.4, -0.2) is 52.2 Å². The molecular weight excluding hydrogens is 340 g/mol. The van der Waals surface area contributed by atoms with Gasteiger partial charge in [0, 0.05) is 26.2 Å². The van der Waals surface area contributed by atoms with Gasteiger partial charge in [0.2, 0.25) is 10.0 Å². The molecule has 0 amide bonds. The topological polar surface area (TPSA) is 81.9 Å². The molecule has 0 radical (unpaired) electrons. The number of piperidine rings is 1. The van der Waals surface area contributed by atoms with Crippen molar-refractivity contribution >= 4 is 22.4 Å². The molecule has 1 heterocycles. The van der Waals surface area contributed by atoms with Crippen molar-refractivity contribution in [3.63, 3.8) is 0 Å². The number of nitrogens with zero attached hydrogens (tertiary/aromatic N) is 1. The zero-order chi connectivity index (χ0) is 16.3. The van der Waals surface area contributed by atoms with Gasteiger partial charge in [-0.05, 0) is 37.5 Å². The largest absolute Gasteiger partial charge is 0.495 e. The number of halogens is 1. The molecule has 1 aliphatic heterocycles. The minimum absolute atomic E-state index is 0. The molecule has 23 heavy (non-hydrogen) atoms. The van der Waals surface area contributed by atoms with E-state index in [-0.39, 0.29) is 36.0 Å². The molecule has 0 spiro atoms. The molecule has 2 unspecified atom stereocenters. The van der Waals surface area contributed by atoms with Gasteiger partial charge in [-0.15, -0.1) is 12.4 Å². The Morgan fingerprint density at radius 1 is 1.35 bits per heavy atom. The van der Waals surface area contributed by atoms with Gasteiger partial charge in [0.05, 0.1) is 13.2 Å². The lowest BCUT2D eigenvalue weighted by Crippen LogP contribution is -2.51. The molecule has 1 aromatic carbocycles. The Hall–Kier alpha value is -0.860. The monoisotopic (exact) mass is 364 g/mol. The van der Waals surface area contributed by atoms with Gasteiger partial charge >= 0.3 is 0 Å². The molecule has 0 aliphatic carbocycles. The number of sulfonamides is 1. The maximum Gasteiger partial charge on any atom is 0.247 e. The highest BCUT2D eigenvalue weighted by atomic mass is 35.5. The first-order valence-electron chi connectivity index (χ1n) is 7.33. The minimum Gasteiger partial charge on any atom is -0.495 e. The Balaban J connectivity index is 0.00000264. The van der Waals surface area contributed by atoms with E-state index in [0.717, 1.165) is 5.56 Å². The van der Waals surface area contributed by atoms with Crippen LogP contribution >= 0.6 is 12.4 Å². The van der Waals surface area contributed by atoms with Gasteiger partial charge < -0.3 is 15.2 Å². The smallest absolute Gasteiger partial charge is 0.247 e. The number of aryl methyl sites for hydroxylation is 1. The SMILES string of the molecule is COc1ccc(C)cc1S(=O)(=O)N1CCC(OC)CC1CN.Cl. The van der Waals surface area contributed by atoms with E-state index in [1.807, 2.05) is 13.0 Å². The summed E-state index contributed by atoms with van der Waals surface area (Å²) in [6.45, 7) is 2.53. The number of benzene rings is 1. The van der Waals surface area contributed by atoms with E-state index in [0.29, 0.717) is 25.1 Å². The molecule has 2 atom stereocenters. The Labute approximate surface area is 144 Å². The number of ether oxygens (including phenoxy) is 2. The van der Waals surface area contributed by atoms with Crippen LogP contribution in [0.5, 0.6) is 5.75 Å². The van der Waals surface area contributed by atoms with Crippen LogP contribution in [-0.2, 0) is 14.8 Å². The maximum absolute atomic E-state index is 13.0. The Bertz CT molecular complexity index is 624. The summed E-state index contributed by atoms with van der Waals surface area (Å²) < 4.78 is 38.1. The van der Waals surface area contributed by atoms with Crippen molar-refractivity contribution in [3.05, 3.63) is 23.8 Å². The molecule has 1 saturated heterocycles. The quantitative estimate of drug-likeness (QED) is 0.857. The van der Waals surface area contributed by atoms with E-state index in [1.165, 1.54) is 11.4 Å². The zero-order valence-electron chi connectivity index (χ0n) is 13.7. The van der Waals surface area contributed by atoms with E-state index >= 15 is 0 Å². The van der Waals surface area contributed by atoms with Crippen molar-refractivity contribution in [1.82, 2.24) is 4.31 Å². The van der Waals surface area contributed by atoms with Gasteiger partial charge in [-0.3, -0.25) is 0 Å². The van der Waals surface area contributed by atoms with Crippen LogP contribution in [0.2, 0.25) is 0 Å². The average molecular weight is 365 g/mol. The first-order chi connectivity index (χ1) is 10.4. The van der Waals surface area contributed by atoms with Crippen LogP contribution in [0.4, 0.5) is 0 Å². The molecule has 1 aliphatic rings. The molecule has 1 fully saturated rings. The van der Waals surface area contributed by atoms with Gasteiger partial charge in [-0.1, -0.05) is 6.07 Å². The van der Waals surface area contributed by atoms with E-state index in [4.69, 9.17) is 15.2 Å². The fourth-order valence-electron chi connectivity index (χ4n) is 2.85. The first kappa shape index (κ1) is 20.2. The summed E-state index contributed by atoms with van der Waals surface area (Å²) in [7, 11) is -0.529. The third-order valence-electron chi connectivity index (χ3n) is 4.12. The number of hydrogen-bond donors (Lipinski definition) is 1. The Morgan fingerprint density at radius 3 is 2.61 bits per heavy atom. The van der Waals surface area contributed by atoms with Gasteiger partial charge in [0.1, 0.15) is 10.6 Å². The van der Waals surface area contributed by atoms with Crippen LogP contribution in [0, 0.1) is 6.92 Å². The predicted molar refractivity (Wildman–Crippen MR) is 91.7 cm³/mol. The molecule has 2 N–H and O–H groups in total. The highest BCUT2D eigenvalue weighted by Crippen LogP contribution is 2.31. The van der Waals surface area contributed by atoms with Gasteiger partial charge in [-0.2, -0.15) is 4.31 Å². The molecule has 132 valence electrons. The van der Waals surface area contributed by atoms with Crippen molar-refractivity contribution in [2.75, 3.05) is 27.3 Å². The fraction of sp³-hybridized carbons (Fsp3) is 0.600. The van der Waals surface area contributed by atoms with Crippen molar-refractivity contribution in [2.45, 2.75) is 36.8 Å². The minimum atomic E-state index is -3.65. The van der Waals surface area contributed by atoms with Crippen molar-refractivity contribution < 1.29 is 17.9 Å². The average Bonchev–Trinajstić information content (AvgIpc) is 2.54. The molecule has 6 nitrogen and oxygen atoms in total. The van der Waals surface area contributed by atoms with Gasteiger partial charge in [0.15, 0.2) is 0 Å². The predicted octanol–water partition coefficient (Wildman–Crippen LogP) is 1.55. The van der Waals surface area contributed by atoms with E-state index in [9.17, 15) is 8.42 Å². The molecular formula is C15H25ClN2O4S. The fourth-order valence-corrected chi connectivity index (χ4v) is 4.75. The first-order valence-corrected chi connectivity index (χ1v) is 8.77. The molecule has 0 aromatic heterocycles. The summed E-state index contributed by atoms with van der Waals surface area (Å²) in [6.07, 6.45) is 1.33. The number of nitrogens with two attached hydrogens (primary N) is 1. The van der Waals surface area contributed by atoms with Crippen LogP contribution in [0.15, 0.2) is 23.1 Å². The lowest BCUT2D eigenvalue weighted by molar-refractivity contribution is 0.0401. The number of rotatable bonds is 5. The molecule has 1 aromatic rings. The summed E-state index contributed by atoms with van der Waals surface area (Å²) in [5, 5.41) is 0. The molecule has 0 bridgehead atoms. The summed E-state index contributed by atoms with van der Waals surface area (Å²) in [6, 6.07) is 4.90. The Kier molecular flexibility index (Phi) is 7.29. The van der Waals surface area contributed by atoms with Gasteiger partial charge in [-0.25, -0.2) is 8.42 Å². The number of hydrogen-bond acceptors (Lipinski definition) is 5. The molecule has 2 rings (SSSR count). The third kappa shape index (κ3) is 4.16. The van der Waals surface area contributed by atoms with Crippen LogP contribution in [0.25, 0.3) is 0 Å². The second-order valence-electron chi connectivity index (χ2n) is 5.54. The third-order valence-corrected chi connectivity index (χ3v) is 6.10. The lowest BCUT2D eigenvalue weighted by Gasteiger charge is -2.37. The Morgan fingerprint density at radius 2 is 2.04 bits per heavy atom. The van der Waals surface area contributed by atoms with Crippen LogP contribution in [0.1, 0.15) is 18.4 Å². The summed E-state index contributed by atoms with van der Waals surface area (Å²) in [5.74, 6) is 0.357.